The number of amides is 1. The molecule has 1 aliphatic heterocycles. The number of nitrogens with one attached hydrogen (secondary N) is 1. The second-order valence-corrected chi connectivity index (χ2v) is 6.54. The monoisotopic (exact) mass is 347 g/mol. The highest BCUT2D eigenvalue weighted by atomic mass is 19.1. The molecule has 0 spiro atoms. The van der Waals surface area contributed by atoms with Crippen molar-refractivity contribution in [2.75, 3.05) is 26.7 Å². The molecule has 3 rings (SSSR count). The minimum Gasteiger partial charge on any atom is -0.382 e. The number of aromatic amines is 1. The van der Waals surface area contributed by atoms with Crippen molar-refractivity contribution in [1.82, 2.24) is 25.2 Å². The van der Waals surface area contributed by atoms with Gasteiger partial charge in [-0.05, 0) is 25.5 Å². The van der Waals surface area contributed by atoms with Crippen molar-refractivity contribution in [2.45, 2.75) is 25.0 Å². The summed E-state index contributed by atoms with van der Waals surface area (Å²) in [6.45, 7) is 1.43. The fourth-order valence-corrected chi connectivity index (χ4v) is 3.18. The summed E-state index contributed by atoms with van der Waals surface area (Å²) in [5.41, 5.74) is -0.129. The van der Waals surface area contributed by atoms with Crippen LogP contribution in [-0.2, 0) is 16.9 Å². The van der Waals surface area contributed by atoms with Crippen LogP contribution in [0.5, 0.6) is 0 Å². The highest BCUT2D eigenvalue weighted by Crippen LogP contribution is 2.29. The Kier molecular flexibility index (Phi) is 5.10. The average Bonchev–Trinajstić information content (AvgIpc) is 3.12. The number of H-pyrrole nitrogens is 1. The Labute approximate surface area is 145 Å². The number of carbonyl (C=O) groups excluding carboxylic acids is 1. The Bertz CT molecular complexity index is 724. The first-order chi connectivity index (χ1) is 12.0. The van der Waals surface area contributed by atoms with E-state index < -0.39 is 5.60 Å². The standard InChI is InChI=1S/C17H22FN5O2/c1-22(10-13-5-2-3-6-14(13)18)16(24)11-23-8-4-7-17(25,12-23)15-9-19-21-20-15/h2-3,5-6,9,25H,4,7-8,10-12H2,1H3,(H,19,20,21)/t17-/m0/s1. The number of rotatable bonds is 5. The average molecular weight is 347 g/mol. The van der Waals surface area contributed by atoms with Crippen LogP contribution in [0.25, 0.3) is 0 Å². The number of halogens is 1. The number of hydrogen-bond donors (Lipinski definition) is 2. The number of likely N-dealkylation sites (N-methyl/N-ethyl adjacent to an activating group) is 1. The third-order valence-corrected chi connectivity index (χ3v) is 4.59. The molecule has 25 heavy (non-hydrogen) atoms. The maximum absolute atomic E-state index is 13.7. The molecule has 2 heterocycles. The van der Waals surface area contributed by atoms with Gasteiger partial charge in [0.1, 0.15) is 17.1 Å². The maximum Gasteiger partial charge on any atom is 0.236 e. The van der Waals surface area contributed by atoms with E-state index in [4.69, 9.17) is 0 Å². The summed E-state index contributed by atoms with van der Waals surface area (Å²) in [5.74, 6) is -0.437. The predicted molar refractivity (Wildman–Crippen MR) is 88.8 cm³/mol. The molecule has 1 amide bonds. The van der Waals surface area contributed by atoms with Crippen molar-refractivity contribution < 1.29 is 14.3 Å². The molecule has 0 radical (unpaired) electrons. The number of β-amino-alcohol motifs (C(OH)–C–C–N with tert-alkyl or cyclic N) is 1. The van der Waals surface area contributed by atoms with Gasteiger partial charge < -0.3 is 10.0 Å². The second kappa shape index (κ2) is 7.28. The fourth-order valence-electron chi connectivity index (χ4n) is 3.18. The van der Waals surface area contributed by atoms with Crippen molar-refractivity contribution in [1.29, 1.82) is 0 Å². The molecule has 0 bridgehead atoms. The van der Waals surface area contributed by atoms with Crippen LogP contribution >= 0.6 is 0 Å². The second-order valence-electron chi connectivity index (χ2n) is 6.54. The van der Waals surface area contributed by atoms with Crippen LogP contribution in [0.2, 0.25) is 0 Å². The molecule has 134 valence electrons. The van der Waals surface area contributed by atoms with E-state index in [-0.39, 0.29) is 24.8 Å². The third-order valence-electron chi connectivity index (χ3n) is 4.59. The van der Waals surface area contributed by atoms with Gasteiger partial charge in [0.25, 0.3) is 0 Å². The van der Waals surface area contributed by atoms with Crippen LogP contribution in [0.3, 0.4) is 0 Å². The van der Waals surface area contributed by atoms with Crippen molar-refractivity contribution in [2.24, 2.45) is 0 Å². The molecule has 8 heteroatoms. The van der Waals surface area contributed by atoms with Gasteiger partial charge >= 0.3 is 0 Å². The van der Waals surface area contributed by atoms with Crippen molar-refractivity contribution >= 4 is 5.91 Å². The first-order valence-electron chi connectivity index (χ1n) is 8.26. The molecule has 1 aliphatic rings. The lowest BCUT2D eigenvalue weighted by atomic mass is 9.90. The van der Waals surface area contributed by atoms with Gasteiger partial charge in [-0.3, -0.25) is 9.69 Å². The van der Waals surface area contributed by atoms with Crippen LogP contribution in [0.15, 0.2) is 30.5 Å². The van der Waals surface area contributed by atoms with Gasteiger partial charge in [0, 0.05) is 25.7 Å². The number of piperidine rings is 1. The minimum atomic E-state index is -1.10. The fraction of sp³-hybridized carbons (Fsp3) is 0.471. The predicted octanol–water partition coefficient (Wildman–Crippen LogP) is 0.886. The minimum absolute atomic E-state index is 0.118. The Balaban J connectivity index is 1.59. The molecule has 2 N–H and O–H groups in total. The summed E-state index contributed by atoms with van der Waals surface area (Å²) in [6.07, 6.45) is 2.85. The normalized spacial score (nSPS) is 21.2. The zero-order valence-electron chi connectivity index (χ0n) is 14.2. The lowest BCUT2D eigenvalue weighted by molar-refractivity contribution is -0.133. The van der Waals surface area contributed by atoms with Gasteiger partial charge in [-0.25, -0.2) is 4.39 Å². The van der Waals surface area contributed by atoms with E-state index >= 15 is 0 Å². The zero-order valence-corrected chi connectivity index (χ0v) is 14.2. The van der Waals surface area contributed by atoms with Gasteiger partial charge in [0.2, 0.25) is 5.91 Å². The van der Waals surface area contributed by atoms with E-state index in [0.29, 0.717) is 24.2 Å². The van der Waals surface area contributed by atoms with Gasteiger partial charge in [-0.2, -0.15) is 15.4 Å². The van der Waals surface area contributed by atoms with Crippen LogP contribution in [0, 0.1) is 5.82 Å². The van der Waals surface area contributed by atoms with E-state index in [1.807, 2.05) is 4.90 Å². The highest BCUT2D eigenvalue weighted by molar-refractivity contribution is 5.78. The van der Waals surface area contributed by atoms with Gasteiger partial charge in [-0.1, -0.05) is 18.2 Å². The van der Waals surface area contributed by atoms with Crippen LogP contribution in [0.4, 0.5) is 4.39 Å². The first kappa shape index (κ1) is 17.5. The van der Waals surface area contributed by atoms with E-state index in [1.54, 1.807) is 25.2 Å². The molecule has 1 aromatic carbocycles. The van der Waals surface area contributed by atoms with Crippen molar-refractivity contribution in [3.8, 4) is 0 Å². The first-order valence-corrected chi connectivity index (χ1v) is 8.26. The molecule has 1 aromatic heterocycles. The van der Waals surface area contributed by atoms with Crippen molar-refractivity contribution in [3.05, 3.63) is 47.5 Å². The molecular formula is C17H22FN5O2. The zero-order chi connectivity index (χ0) is 17.9. The number of hydrogen-bond acceptors (Lipinski definition) is 5. The highest BCUT2D eigenvalue weighted by Gasteiger charge is 2.37. The lowest BCUT2D eigenvalue weighted by Crippen LogP contribution is -2.49. The molecular weight excluding hydrogens is 325 g/mol. The van der Waals surface area contributed by atoms with E-state index in [2.05, 4.69) is 15.4 Å². The maximum atomic E-state index is 13.7. The number of carbonyl (C=O) groups is 1. The lowest BCUT2D eigenvalue weighted by Gasteiger charge is -2.38. The van der Waals surface area contributed by atoms with Crippen LogP contribution < -0.4 is 0 Å². The number of aromatic nitrogens is 3. The Morgan fingerprint density at radius 2 is 2.28 bits per heavy atom. The number of likely N-dealkylation sites (tertiary alicyclic amines) is 1. The smallest absolute Gasteiger partial charge is 0.236 e. The SMILES string of the molecule is CN(Cc1ccccc1F)C(=O)CN1CCC[C@@](O)(c2cn[nH]n2)C1. The molecule has 1 fully saturated rings. The number of nitrogens with zero attached hydrogens (tertiary/aromatic N) is 4. The summed E-state index contributed by atoms with van der Waals surface area (Å²) in [4.78, 5) is 15.9. The largest absolute Gasteiger partial charge is 0.382 e. The van der Waals surface area contributed by atoms with Crippen LogP contribution in [0.1, 0.15) is 24.1 Å². The Hall–Kier alpha value is -2.32. The Morgan fingerprint density at radius 3 is 3.00 bits per heavy atom. The van der Waals surface area contributed by atoms with Gasteiger partial charge in [0.05, 0.1) is 12.7 Å². The van der Waals surface area contributed by atoms with Crippen LogP contribution in [-0.4, -0.2) is 62.9 Å². The third kappa shape index (κ3) is 4.02. The molecule has 1 atom stereocenters. The van der Waals surface area contributed by atoms with E-state index in [9.17, 15) is 14.3 Å². The Morgan fingerprint density at radius 1 is 1.48 bits per heavy atom. The topological polar surface area (TPSA) is 85.4 Å². The summed E-state index contributed by atoms with van der Waals surface area (Å²) >= 11 is 0. The summed E-state index contributed by atoms with van der Waals surface area (Å²) in [6, 6.07) is 6.43. The number of benzene rings is 1. The van der Waals surface area contributed by atoms with E-state index in [0.717, 1.165) is 13.0 Å². The molecule has 0 unspecified atom stereocenters. The van der Waals surface area contributed by atoms with Crippen molar-refractivity contribution in [3.63, 3.8) is 0 Å². The van der Waals surface area contributed by atoms with E-state index in [1.165, 1.54) is 17.2 Å². The molecule has 2 aromatic rings. The molecule has 0 aliphatic carbocycles. The summed E-state index contributed by atoms with van der Waals surface area (Å²) in [7, 11) is 1.66. The molecule has 0 saturated carbocycles. The summed E-state index contributed by atoms with van der Waals surface area (Å²) in [5, 5.41) is 21.0. The number of aliphatic hydroxyl groups is 1. The molecule has 1 saturated heterocycles. The quantitative estimate of drug-likeness (QED) is 0.839. The summed E-state index contributed by atoms with van der Waals surface area (Å²) < 4.78 is 13.7. The van der Waals surface area contributed by atoms with Gasteiger partial charge in [0.15, 0.2) is 0 Å². The molecule has 7 nitrogen and oxygen atoms in total. The van der Waals surface area contributed by atoms with Gasteiger partial charge in [-0.15, -0.1) is 0 Å².